The first-order chi connectivity index (χ1) is 19.4. The van der Waals surface area contributed by atoms with E-state index in [0.717, 1.165) is 5.01 Å². The summed E-state index contributed by atoms with van der Waals surface area (Å²) in [5.41, 5.74) is 1.15. The molecule has 2 aliphatic rings. The number of benzene rings is 2. The van der Waals surface area contributed by atoms with Crippen LogP contribution in [-0.2, 0) is 21.2 Å². The highest BCUT2D eigenvalue weighted by Gasteiger charge is 2.66. The average Bonchev–Trinajstić information content (AvgIpc) is 3.15. The molecule has 41 heavy (non-hydrogen) atoms. The number of phenolic OH excluding ortho intramolecular Hbond substituents is 1. The number of hydrogen-bond donors (Lipinski definition) is 2. The molecule has 0 saturated carbocycles. The summed E-state index contributed by atoms with van der Waals surface area (Å²) < 4.78 is 44.8. The van der Waals surface area contributed by atoms with Crippen LogP contribution < -0.4 is 10.2 Å². The second-order valence-corrected chi connectivity index (χ2v) is 10.4. The minimum absolute atomic E-state index is 0.127. The quantitative estimate of drug-likeness (QED) is 0.306. The zero-order chi connectivity index (χ0) is 29.7. The lowest BCUT2D eigenvalue weighted by Crippen LogP contribution is -2.48. The van der Waals surface area contributed by atoms with E-state index in [-0.39, 0.29) is 23.7 Å². The molecule has 12 heteroatoms. The van der Waals surface area contributed by atoms with Crippen LogP contribution in [0, 0.1) is 5.92 Å². The summed E-state index contributed by atoms with van der Waals surface area (Å²) in [5, 5.41) is 11.9. The van der Waals surface area contributed by atoms with E-state index in [2.05, 4.69) is 17.0 Å². The molecule has 7 nitrogen and oxygen atoms in total. The Morgan fingerprint density at radius 2 is 1.90 bits per heavy atom. The van der Waals surface area contributed by atoms with Gasteiger partial charge < -0.3 is 9.84 Å². The molecule has 1 fully saturated rings. The maximum absolute atomic E-state index is 14.6. The first kappa shape index (κ1) is 28.5. The first-order valence-corrected chi connectivity index (χ1v) is 13.0. The fraction of sp³-hybridized carbons (Fsp3) is 0.207. The Morgan fingerprint density at radius 1 is 1.20 bits per heavy atom. The summed E-state index contributed by atoms with van der Waals surface area (Å²) in [5.74, 6) is -3.68. The van der Waals surface area contributed by atoms with Crippen molar-refractivity contribution in [1.82, 2.24) is 9.99 Å². The van der Waals surface area contributed by atoms with Gasteiger partial charge in [0.05, 0.1) is 29.0 Å². The van der Waals surface area contributed by atoms with E-state index in [1.807, 2.05) is 0 Å². The third kappa shape index (κ3) is 4.51. The Bertz CT molecular complexity index is 1590. The minimum atomic E-state index is -4.69. The predicted octanol–water partition coefficient (Wildman–Crippen LogP) is 6.67. The number of phenols is 1. The second-order valence-electron chi connectivity index (χ2n) is 9.55. The van der Waals surface area contributed by atoms with Crippen molar-refractivity contribution in [2.24, 2.45) is 5.92 Å². The topological polar surface area (TPSA) is 91.8 Å². The van der Waals surface area contributed by atoms with Crippen molar-refractivity contribution < 1.29 is 32.6 Å². The third-order valence-electron chi connectivity index (χ3n) is 7.51. The zero-order valence-corrected chi connectivity index (χ0v) is 22.9. The number of nitrogens with zero attached hydrogens (tertiary/aromatic N) is 2. The highest BCUT2D eigenvalue weighted by atomic mass is 35.5. The number of rotatable bonds is 6. The predicted molar refractivity (Wildman–Crippen MR) is 147 cm³/mol. The number of amides is 2. The van der Waals surface area contributed by atoms with Gasteiger partial charge in [-0.1, -0.05) is 66.2 Å². The van der Waals surface area contributed by atoms with Crippen LogP contribution >= 0.6 is 23.2 Å². The van der Waals surface area contributed by atoms with Crippen molar-refractivity contribution in [2.75, 3.05) is 12.5 Å². The van der Waals surface area contributed by atoms with Crippen molar-refractivity contribution in [3.8, 4) is 11.5 Å². The lowest BCUT2D eigenvalue weighted by atomic mass is 9.56. The van der Waals surface area contributed by atoms with Gasteiger partial charge in [-0.3, -0.25) is 15.0 Å². The maximum atomic E-state index is 14.6. The van der Waals surface area contributed by atoms with Gasteiger partial charge in [-0.2, -0.15) is 18.2 Å². The van der Waals surface area contributed by atoms with Crippen LogP contribution in [0.3, 0.4) is 0 Å². The van der Waals surface area contributed by atoms with Crippen molar-refractivity contribution >= 4 is 40.8 Å². The van der Waals surface area contributed by atoms with Crippen molar-refractivity contribution in [1.29, 1.82) is 0 Å². The number of fused-ring (bicyclic) bond motifs is 1. The van der Waals surface area contributed by atoms with Gasteiger partial charge in [-0.25, -0.2) is 4.98 Å². The Hall–Kier alpha value is -4.02. The molecule has 2 aromatic carbocycles. The Morgan fingerprint density at radius 3 is 2.51 bits per heavy atom. The van der Waals surface area contributed by atoms with Crippen LogP contribution in [-0.4, -0.2) is 34.0 Å². The summed E-state index contributed by atoms with van der Waals surface area (Å²) in [6.45, 7) is 3.91. The molecular formula is C29H22Cl2F3N3O4. The molecule has 5 rings (SSSR count). The largest absolute Gasteiger partial charge is 0.504 e. The molecule has 0 bridgehead atoms. The standard InChI is InChI=1S/C29H22Cl2F3N3O4/c1-3-15-7-12-20-26(39)37(36-25-21(31)13-17(14-35-25)29(32,33)34)27(40)28(20,16-8-10-18(30)11-9-16)23(15)19-5-4-6-22(41-2)24(19)38/h3-11,13-14,20,23,38H,1,12H2,2H3,(H,35,36)/t20-,23+,28+/m0/s1. The maximum Gasteiger partial charge on any atom is 0.417 e. The number of hydrogen-bond acceptors (Lipinski definition) is 6. The Labute approximate surface area is 242 Å². The Balaban J connectivity index is 1.71. The molecule has 1 saturated heterocycles. The van der Waals surface area contributed by atoms with Crippen molar-refractivity contribution in [3.63, 3.8) is 0 Å². The number of aromatic hydroxyl groups is 1. The first-order valence-electron chi connectivity index (χ1n) is 12.3. The molecule has 0 unspecified atom stereocenters. The molecule has 1 aromatic heterocycles. The highest BCUT2D eigenvalue weighted by molar-refractivity contribution is 6.33. The van der Waals surface area contributed by atoms with Crippen LogP contribution in [0.2, 0.25) is 10.0 Å². The molecule has 1 aliphatic carbocycles. The summed E-state index contributed by atoms with van der Waals surface area (Å²) in [4.78, 5) is 32.3. The molecule has 2 amide bonds. The molecular weight excluding hydrogens is 582 g/mol. The van der Waals surface area contributed by atoms with Crippen LogP contribution in [0.15, 0.2) is 79.0 Å². The minimum Gasteiger partial charge on any atom is -0.504 e. The number of anilines is 1. The summed E-state index contributed by atoms with van der Waals surface area (Å²) >= 11 is 12.3. The van der Waals surface area contributed by atoms with E-state index in [4.69, 9.17) is 27.9 Å². The van der Waals surface area contributed by atoms with Crippen LogP contribution in [0.25, 0.3) is 0 Å². The van der Waals surface area contributed by atoms with E-state index in [0.29, 0.717) is 34.0 Å². The summed E-state index contributed by atoms with van der Waals surface area (Å²) in [6, 6.07) is 11.9. The fourth-order valence-corrected chi connectivity index (χ4v) is 6.03. The number of ether oxygens (including phenoxy) is 1. The number of imide groups is 1. The average molecular weight is 604 g/mol. The van der Waals surface area contributed by atoms with E-state index < -0.39 is 45.8 Å². The third-order valence-corrected chi connectivity index (χ3v) is 8.05. The fourth-order valence-electron chi connectivity index (χ4n) is 5.70. The van der Waals surface area contributed by atoms with E-state index in [1.165, 1.54) is 7.11 Å². The second kappa shape index (κ2) is 10.4. The molecule has 1 aliphatic heterocycles. The number of alkyl halides is 3. The number of para-hydroxylation sites is 1. The van der Waals surface area contributed by atoms with Gasteiger partial charge in [-0.05, 0) is 41.8 Å². The SMILES string of the molecule is C=CC1=CC[C@H]2C(=O)N(Nc3ncc(C(F)(F)F)cc3Cl)C(=O)[C@@]2(c2ccc(Cl)cc2)[C@H]1c1cccc(OC)c1O. The van der Waals surface area contributed by atoms with Crippen LogP contribution in [0.1, 0.15) is 29.0 Å². The normalized spacial score (nSPS) is 22.3. The number of methoxy groups -OCH3 is 1. The smallest absolute Gasteiger partial charge is 0.417 e. The number of halogens is 5. The Kier molecular flexibility index (Phi) is 7.25. The van der Waals surface area contributed by atoms with Gasteiger partial charge in [0.1, 0.15) is 0 Å². The van der Waals surface area contributed by atoms with Crippen molar-refractivity contribution in [2.45, 2.75) is 23.9 Å². The number of carbonyl (C=O) groups excluding carboxylic acids is 2. The zero-order valence-electron chi connectivity index (χ0n) is 21.4. The summed E-state index contributed by atoms with van der Waals surface area (Å²) in [6.07, 6.45) is -0.689. The van der Waals surface area contributed by atoms with Crippen molar-refractivity contribution in [3.05, 3.63) is 106 Å². The molecule has 0 spiro atoms. The van der Waals surface area contributed by atoms with Gasteiger partial charge >= 0.3 is 6.18 Å². The number of aromatic nitrogens is 1. The highest BCUT2D eigenvalue weighted by Crippen LogP contribution is 2.59. The van der Waals surface area contributed by atoms with Gasteiger partial charge in [0.25, 0.3) is 11.8 Å². The number of nitrogens with one attached hydrogen (secondary N) is 1. The number of hydrazine groups is 1. The number of pyridine rings is 1. The molecule has 2 N–H and O–H groups in total. The lowest BCUT2D eigenvalue weighted by molar-refractivity contribution is -0.139. The molecule has 212 valence electrons. The molecule has 3 atom stereocenters. The van der Waals surface area contributed by atoms with Crippen LogP contribution in [0.4, 0.5) is 19.0 Å². The monoisotopic (exact) mass is 603 g/mol. The van der Waals surface area contributed by atoms with E-state index >= 15 is 0 Å². The number of allylic oxidation sites excluding steroid dienone is 3. The van der Waals surface area contributed by atoms with Gasteiger partial charge in [0, 0.05) is 22.7 Å². The molecule has 2 heterocycles. The lowest BCUT2D eigenvalue weighted by Gasteiger charge is -2.43. The van der Waals surface area contributed by atoms with E-state index in [9.17, 15) is 27.9 Å². The number of carbonyl (C=O) groups is 2. The van der Waals surface area contributed by atoms with Crippen LogP contribution in [0.5, 0.6) is 11.5 Å². The van der Waals surface area contributed by atoms with Gasteiger partial charge in [0.15, 0.2) is 17.3 Å². The van der Waals surface area contributed by atoms with Gasteiger partial charge in [0.2, 0.25) is 0 Å². The summed E-state index contributed by atoms with van der Waals surface area (Å²) in [7, 11) is 1.39. The van der Waals surface area contributed by atoms with Gasteiger partial charge in [-0.15, -0.1) is 0 Å². The molecule has 3 aromatic rings. The van der Waals surface area contributed by atoms with E-state index in [1.54, 1.807) is 54.6 Å². The molecule has 0 radical (unpaired) electrons.